The molecule has 0 saturated heterocycles. The number of amides is 1. The number of hydrogen-bond acceptors (Lipinski definition) is 8. The van der Waals surface area contributed by atoms with Gasteiger partial charge >= 0.3 is 0 Å². The van der Waals surface area contributed by atoms with E-state index >= 15 is 0 Å². The lowest BCUT2D eigenvalue weighted by molar-refractivity contribution is -0.00178. The number of carbonyl (C=O) groups is 1. The molecule has 1 saturated carbocycles. The number of halogens is 1. The van der Waals surface area contributed by atoms with Gasteiger partial charge in [-0.15, -0.1) is 0 Å². The molecule has 4 aromatic rings. The first kappa shape index (κ1) is 24.3. The zero-order valence-corrected chi connectivity index (χ0v) is 20.4. The van der Waals surface area contributed by atoms with E-state index in [9.17, 15) is 19.6 Å². The minimum Gasteiger partial charge on any atom is -0.387 e. The number of aromatic nitrogens is 6. The Morgan fingerprint density at radius 2 is 2.05 bits per heavy atom. The van der Waals surface area contributed by atoms with Crippen molar-refractivity contribution in [3.05, 3.63) is 60.4 Å². The average molecular weight is 504 g/mol. The monoisotopic (exact) mass is 503 g/mol. The second-order valence-electron chi connectivity index (χ2n) is 9.69. The Bertz CT molecular complexity index is 1460. The Labute approximate surface area is 212 Å². The minimum absolute atomic E-state index is 0.243. The summed E-state index contributed by atoms with van der Waals surface area (Å²) in [5.41, 5.74) is 0.920. The van der Waals surface area contributed by atoms with Crippen molar-refractivity contribution in [2.45, 2.75) is 45.0 Å². The first-order valence-electron chi connectivity index (χ1n) is 11.9. The SMILES string of the molecule is CC(C)(O)[C@H](F)CNC(=O)c1ccc(N(c2cnn(CC3CC3)c2)c2cnn3cc(C#N)cnc23)nc1. The predicted molar refractivity (Wildman–Crippen MR) is 132 cm³/mol. The van der Waals surface area contributed by atoms with E-state index in [-0.39, 0.29) is 12.1 Å². The van der Waals surface area contributed by atoms with Gasteiger partial charge in [0.1, 0.15) is 23.7 Å². The third-order valence-electron chi connectivity index (χ3n) is 6.18. The fourth-order valence-corrected chi connectivity index (χ4v) is 3.79. The summed E-state index contributed by atoms with van der Waals surface area (Å²) in [5, 5.41) is 30.3. The van der Waals surface area contributed by atoms with Crippen molar-refractivity contribution in [2.75, 3.05) is 11.4 Å². The molecule has 0 bridgehead atoms. The fourth-order valence-electron chi connectivity index (χ4n) is 3.79. The molecule has 0 unspecified atom stereocenters. The second kappa shape index (κ2) is 9.59. The maximum Gasteiger partial charge on any atom is 0.252 e. The van der Waals surface area contributed by atoms with Gasteiger partial charge in [-0.2, -0.15) is 15.5 Å². The highest BCUT2D eigenvalue weighted by molar-refractivity contribution is 5.94. The average Bonchev–Trinajstić information content (AvgIpc) is 3.43. The molecule has 0 spiro atoms. The number of rotatable bonds is 9. The molecule has 37 heavy (non-hydrogen) atoms. The normalized spacial score (nSPS) is 14.4. The number of aliphatic hydroxyl groups is 1. The largest absolute Gasteiger partial charge is 0.387 e. The van der Waals surface area contributed by atoms with Crippen LogP contribution >= 0.6 is 0 Å². The topological polar surface area (TPSA) is 137 Å². The zero-order chi connectivity index (χ0) is 26.2. The van der Waals surface area contributed by atoms with Crippen LogP contribution in [0.25, 0.3) is 5.65 Å². The molecular formula is C25H26FN9O2. The number of alkyl halides is 1. The Balaban J connectivity index is 1.45. The third kappa shape index (κ3) is 5.26. The van der Waals surface area contributed by atoms with Crippen LogP contribution in [-0.4, -0.2) is 58.7 Å². The van der Waals surface area contributed by atoms with E-state index in [0.717, 1.165) is 12.2 Å². The van der Waals surface area contributed by atoms with Crippen LogP contribution in [0.1, 0.15) is 42.6 Å². The van der Waals surface area contributed by atoms with Crippen molar-refractivity contribution in [1.82, 2.24) is 34.7 Å². The van der Waals surface area contributed by atoms with Crippen molar-refractivity contribution in [2.24, 2.45) is 5.92 Å². The first-order chi connectivity index (χ1) is 17.7. The zero-order valence-electron chi connectivity index (χ0n) is 20.4. The Morgan fingerprint density at radius 1 is 1.24 bits per heavy atom. The Kier molecular flexibility index (Phi) is 6.31. The lowest BCUT2D eigenvalue weighted by Crippen LogP contribution is -2.42. The van der Waals surface area contributed by atoms with Crippen LogP contribution in [0.2, 0.25) is 0 Å². The van der Waals surface area contributed by atoms with Gasteiger partial charge < -0.3 is 10.4 Å². The van der Waals surface area contributed by atoms with Crippen molar-refractivity contribution < 1.29 is 14.3 Å². The Morgan fingerprint density at radius 3 is 2.73 bits per heavy atom. The molecule has 190 valence electrons. The standard InChI is InChI=1S/C25H26FN9O2/c1-25(2,37)21(26)12-30-24(36)18-5-6-22(28-9-18)35(19-10-31-33(15-19)13-16-3-4-16)20-11-32-34-14-17(7-27)8-29-23(20)34/h5-6,8-11,14-16,21,37H,3-4,12-13H2,1-2H3,(H,30,36)/t21-/m1/s1. The summed E-state index contributed by atoms with van der Waals surface area (Å²) in [6, 6.07) is 5.31. The summed E-state index contributed by atoms with van der Waals surface area (Å²) in [6.07, 6.45) is 10.5. The molecule has 0 radical (unpaired) electrons. The van der Waals surface area contributed by atoms with Gasteiger partial charge in [-0.3, -0.25) is 14.4 Å². The molecular weight excluding hydrogens is 477 g/mol. The molecule has 2 N–H and O–H groups in total. The van der Waals surface area contributed by atoms with Crippen LogP contribution in [0.3, 0.4) is 0 Å². The van der Waals surface area contributed by atoms with Crippen LogP contribution in [-0.2, 0) is 6.54 Å². The van der Waals surface area contributed by atoms with E-state index in [0.29, 0.717) is 28.6 Å². The lowest BCUT2D eigenvalue weighted by atomic mass is 10.0. The van der Waals surface area contributed by atoms with Gasteiger partial charge in [0.15, 0.2) is 5.65 Å². The number of nitriles is 1. The van der Waals surface area contributed by atoms with E-state index in [4.69, 9.17) is 0 Å². The highest BCUT2D eigenvalue weighted by atomic mass is 19.1. The van der Waals surface area contributed by atoms with Gasteiger partial charge in [-0.05, 0) is 44.7 Å². The van der Waals surface area contributed by atoms with Gasteiger partial charge in [0, 0.05) is 25.1 Å². The molecule has 0 aliphatic heterocycles. The highest BCUT2D eigenvalue weighted by Crippen LogP contribution is 2.36. The molecule has 1 fully saturated rings. The number of carbonyl (C=O) groups excluding carboxylic acids is 1. The van der Waals surface area contributed by atoms with E-state index in [1.54, 1.807) is 30.7 Å². The number of fused-ring (bicyclic) bond motifs is 1. The summed E-state index contributed by atoms with van der Waals surface area (Å²) < 4.78 is 17.4. The van der Waals surface area contributed by atoms with Crippen LogP contribution in [0, 0.1) is 17.2 Å². The van der Waals surface area contributed by atoms with Gasteiger partial charge in [0.2, 0.25) is 0 Å². The molecule has 1 amide bonds. The molecule has 12 heteroatoms. The first-order valence-corrected chi connectivity index (χ1v) is 11.9. The maximum atomic E-state index is 14.0. The second-order valence-corrected chi connectivity index (χ2v) is 9.69. The molecule has 4 aromatic heterocycles. The molecule has 4 heterocycles. The summed E-state index contributed by atoms with van der Waals surface area (Å²) in [4.78, 5) is 23.3. The molecule has 1 atom stereocenters. The van der Waals surface area contributed by atoms with Crippen molar-refractivity contribution in [1.29, 1.82) is 5.26 Å². The molecule has 1 aliphatic carbocycles. The van der Waals surface area contributed by atoms with Gasteiger partial charge in [0.05, 0.1) is 47.6 Å². The van der Waals surface area contributed by atoms with E-state index in [1.807, 2.05) is 15.8 Å². The summed E-state index contributed by atoms with van der Waals surface area (Å²) in [6.45, 7) is 3.20. The summed E-state index contributed by atoms with van der Waals surface area (Å²) in [5.74, 6) is 0.625. The fraction of sp³-hybridized carbons (Fsp3) is 0.360. The number of anilines is 3. The number of hydrogen-bond donors (Lipinski definition) is 2. The molecule has 11 nitrogen and oxygen atoms in total. The van der Waals surface area contributed by atoms with Gasteiger partial charge in [0.25, 0.3) is 5.91 Å². The molecule has 0 aromatic carbocycles. The number of pyridine rings is 1. The van der Waals surface area contributed by atoms with Crippen LogP contribution in [0.15, 0.2) is 49.3 Å². The minimum atomic E-state index is -1.61. The summed E-state index contributed by atoms with van der Waals surface area (Å²) in [7, 11) is 0. The van der Waals surface area contributed by atoms with Gasteiger partial charge in [-0.1, -0.05) is 0 Å². The number of nitrogens with zero attached hydrogens (tertiary/aromatic N) is 8. The van der Waals surface area contributed by atoms with E-state index < -0.39 is 17.7 Å². The smallest absolute Gasteiger partial charge is 0.252 e. The van der Waals surface area contributed by atoms with Crippen molar-refractivity contribution >= 4 is 28.7 Å². The van der Waals surface area contributed by atoms with Crippen molar-refractivity contribution in [3.63, 3.8) is 0 Å². The van der Waals surface area contributed by atoms with E-state index in [1.165, 1.54) is 43.6 Å². The maximum absolute atomic E-state index is 14.0. The Hall–Kier alpha value is -4.37. The quantitative estimate of drug-likeness (QED) is 0.356. The van der Waals surface area contributed by atoms with E-state index in [2.05, 4.69) is 31.6 Å². The van der Waals surface area contributed by atoms with Crippen LogP contribution in [0.5, 0.6) is 0 Å². The lowest BCUT2D eigenvalue weighted by Gasteiger charge is -2.22. The highest BCUT2D eigenvalue weighted by Gasteiger charge is 2.27. The molecule has 1 aliphatic rings. The predicted octanol–water partition coefficient (Wildman–Crippen LogP) is 2.91. The third-order valence-corrected chi connectivity index (χ3v) is 6.18. The molecule has 5 rings (SSSR count). The van der Waals surface area contributed by atoms with Crippen LogP contribution in [0.4, 0.5) is 21.6 Å². The van der Waals surface area contributed by atoms with Gasteiger partial charge in [-0.25, -0.2) is 18.9 Å². The number of nitrogens with one attached hydrogen (secondary N) is 1. The summed E-state index contributed by atoms with van der Waals surface area (Å²) >= 11 is 0. The van der Waals surface area contributed by atoms with Crippen LogP contribution < -0.4 is 10.2 Å². The van der Waals surface area contributed by atoms with Crippen molar-refractivity contribution in [3.8, 4) is 6.07 Å².